The highest BCUT2D eigenvalue weighted by atomic mass is 79.9. The molecule has 4 heteroatoms. The molecule has 0 amide bonds. The Hall–Kier alpha value is -0.770. The van der Waals surface area contributed by atoms with Crippen LogP contribution in [0.25, 0.3) is 5.69 Å². The van der Waals surface area contributed by atoms with Gasteiger partial charge in [-0.2, -0.15) is 0 Å². The molecule has 2 aromatic rings. The Bertz CT molecular complexity index is 662. The second kappa shape index (κ2) is 4.90. The Morgan fingerprint density at radius 1 is 1.35 bits per heavy atom. The van der Waals surface area contributed by atoms with E-state index in [2.05, 4.69) is 34.3 Å². The van der Waals surface area contributed by atoms with Crippen LogP contribution in [-0.2, 0) is 6.42 Å². The largest absolute Gasteiger partial charge is 0.388 e. The molecule has 1 aliphatic carbocycles. The van der Waals surface area contributed by atoms with E-state index >= 15 is 0 Å². The monoisotopic (exact) mass is 353 g/mol. The van der Waals surface area contributed by atoms with E-state index in [0.717, 1.165) is 28.6 Å². The molecular formula is C16H17BrClNO. The fourth-order valence-electron chi connectivity index (χ4n) is 3.03. The molecule has 0 saturated carbocycles. The Morgan fingerprint density at radius 2 is 2.10 bits per heavy atom. The Balaban J connectivity index is 2.16. The third-order valence-electron chi connectivity index (χ3n) is 3.95. The van der Waals surface area contributed by atoms with Gasteiger partial charge in [0.2, 0.25) is 0 Å². The average molecular weight is 355 g/mol. The molecule has 2 nitrogen and oxygen atoms in total. The SMILES string of the molecule is CC1(C)Cc2c(ccn2-c2cc(Cl)ccc2Br)C(O)C1. The molecule has 0 radical (unpaired) electrons. The fourth-order valence-corrected chi connectivity index (χ4v) is 3.63. The van der Waals surface area contributed by atoms with Crippen LogP contribution in [0.1, 0.15) is 37.6 Å². The summed E-state index contributed by atoms with van der Waals surface area (Å²) in [7, 11) is 0. The number of benzene rings is 1. The molecular weight excluding hydrogens is 338 g/mol. The van der Waals surface area contributed by atoms with Gasteiger partial charge in [-0.3, -0.25) is 0 Å². The minimum Gasteiger partial charge on any atom is -0.388 e. The third kappa shape index (κ3) is 2.43. The van der Waals surface area contributed by atoms with Crippen molar-refractivity contribution in [1.82, 2.24) is 4.57 Å². The summed E-state index contributed by atoms with van der Waals surface area (Å²) in [6.45, 7) is 4.40. The zero-order valence-electron chi connectivity index (χ0n) is 11.5. The maximum atomic E-state index is 10.3. The summed E-state index contributed by atoms with van der Waals surface area (Å²) >= 11 is 9.70. The molecule has 0 saturated heterocycles. The predicted octanol–water partition coefficient (Wildman–Crippen LogP) is 4.90. The molecule has 20 heavy (non-hydrogen) atoms. The van der Waals surface area contributed by atoms with E-state index in [-0.39, 0.29) is 11.5 Å². The Labute approximate surface area is 132 Å². The van der Waals surface area contributed by atoms with E-state index in [4.69, 9.17) is 11.6 Å². The van der Waals surface area contributed by atoms with Gasteiger partial charge in [0.15, 0.2) is 0 Å². The number of aromatic nitrogens is 1. The normalized spacial score (nSPS) is 20.8. The van der Waals surface area contributed by atoms with E-state index in [1.54, 1.807) is 0 Å². The number of nitrogens with zero attached hydrogens (tertiary/aromatic N) is 1. The van der Waals surface area contributed by atoms with E-state index in [0.29, 0.717) is 5.02 Å². The minimum absolute atomic E-state index is 0.105. The van der Waals surface area contributed by atoms with Gasteiger partial charge >= 0.3 is 0 Å². The maximum absolute atomic E-state index is 10.3. The van der Waals surface area contributed by atoms with Crippen LogP contribution in [0.3, 0.4) is 0 Å². The summed E-state index contributed by atoms with van der Waals surface area (Å²) in [6, 6.07) is 7.78. The van der Waals surface area contributed by atoms with Gasteiger partial charge in [0, 0.05) is 26.9 Å². The van der Waals surface area contributed by atoms with Crippen molar-refractivity contribution in [2.24, 2.45) is 5.41 Å². The van der Waals surface area contributed by atoms with Crippen LogP contribution in [0.15, 0.2) is 34.9 Å². The first-order valence-electron chi connectivity index (χ1n) is 6.71. The van der Waals surface area contributed by atoms with E-state index in [1.165, 1.54) is 5.69 Å². The molecule has 0 aliphatic heterocycles. The van der Waals surface area contributed by atoms with Gasteiger partial charge in [-0.15, -0.1) is 0 Å². The van der Waals surface area contributed by atoms with Gasteiger partial charge in [-0.1, -0.05) is 25.4 Å². The molecule has 0 fully saturated rings. The van der Waals surface area contributed by atoms with Crippen molar-refractivity contribution in [1.29, 1.82) is 0 Å². The van der Waals surface area contributed by atoms with Gasteiger partial charge in [-0.25, -0.2) is 0 Å². The standard InChI is InChI=1S/C16H17BrClNO/c1-16(2)8-14-11(15(20)9-16)5-6-19(14)13-7-10(18)3-4-12(13)17/h3-7,15,20H,8-9H2,1-2H3. The molecule has 0 spiro atoms. The van der Waals surface area contributed by atoms with Crippen LogP contribution in [0.2, 0.25) is 5.02 Å². The summed E-state index contributed by atoms with van der Waals surface area (Å²) in [4.78, 5) is 0. The molecule has 1 aromatic heterocycles. The number of rotatable bonds is 1. The number of fused-ring (bicyclic) bond motifs is 1. The van der Waals surface area contributed by atoms with Gasteiger partial charge in [0.05, 0.1) is 11.8 Å². The lowest BCUT2D eigenvalue weighted by Gasteiger charge is -2.34. The van der Waals surface area contributed by atoms with Gasteiger partial charge in [0.25, 0.3) is 0 Å². The number of aliphatic hydroxyl groups excluding tert-OH is 1. The summed E-state index contributed by atoms with van der Waals surface area (Å²) in [5.74, 6) is 0. The Kier molecular flexibility index (Phi) is 3.47. The lowest BCUT2D eigenvalue weighted by Crippen LogP contribution is -2.26. The topological polar surface area (TPSA) is 25.2 Å². The molecule has 1 N–H and O–H groups in total. The molecule has 1 heterocycles. The molecule has 106 valence electrons. The minimum atomic E-state index is -0.382. The molecule has 1 aromatic carbocycles. The first-order chi connectivity index (χ1) is 9.37. The first-order valence-corrected chi connectivity index (χ1v) is 7.88. The summed E-state index contributed by atoms with van der Waals surface area (Å²) in [6.07, 6.45) is 3.39. The lowest BCUT2D eigenvalue weighted by molar-refractivity contribution is 0.0987. The third-order valence-corrected chi connectivity index (χ3v) is 4.85. The summed E-state index contributed by atoms with van der Waals surface area (Å²) in [5, 5.41) is 11.0. The highest BCUT2D eigenvalue weighted by molar-refractivity contribution is 9.10. The average Bonchev–Trinajstić information content (AvgIpc) is 2.74. The highest BCUT2D eigenvalue weighted by Gasteiger charge is 2.33. The van der Waals surface area contributed by atoms with E-state index in [9.17, 15) is 5.11 Å². The number of hydrogen-bond donors (Lipinski definition) is 1. The van der Waals surface area contributed by atoms with Crippen molar-refractivity contribution in [3.05, 3.63) is 51.2 Å². The summed E-state index contributed by atoms with van der Waals surface area (Å²) < 4.78 is 3.13. The van der Waals surface area contributed by atoms with Crippen LogP contribution in [0, 0.1) is 5.41 Å². The van der Waals surface area contributed by atoms with Gasteiger partial charge in [0.1, 0.15) is 0 Å². The fraction of sp³-hybridized carbons (Fsp3) is 0.375. The molecule has 0 bridgehead atoms. The van der Waals surface area contributed by atoms with E-state index < -0.39 is 0 Å². The van der Waals surface area contributed by atoms with Gasteiger partial charge < -0.3 is 9.67 Å². The zero-order chi connectivity index (χ0) is 14.5. The van der Waals surface area contributed by atoms with Gasteiger partial charge in [-0.05, 0) is 58.5 Å². The van der Waals surface area contributed by atoms with Crippen molar-refractivity contribution in [3.63, 3.8) is 0 Å². The van der Waals surface area contributed by atoms with Crippen LogP contribution in [0.5, 0.6) is 0 Å². The number of halogens is 2. The van der Waals surface area contributed by atoms with Crippen molar-refractivity contribution in [3.8, 4) is 5.69 Å². The van der Waals surface area contributed by atoms with Crippen LogP contribution < -0.4 is 0 Å². The van der Waals surface area contributed by atoms with Crippen molar-refractivity contribution in [2.75, 3.05) is 0 Å². The van der Waals surface area contributed by atoms with Crippen molar-refractivity contribution >= 4 is 27.5 Å². The van der Waals surface area contributed by atoms with E-state index in [1.807, 2.05) is 30.5 Å². The smallest absolute Gasteiger partial charge is 0.0812 e. The number of aliphatic hydroxyl groups is 1. The second-order valence-corrected chi connectivity index (χ2v) is 7.54. The molecule has 3 rings (SSSR count). The predicted molar refractivity (Wildman–Crippen MR) is 85.5 cm³/mol. The highest BCUT2D eigenvalue weighted by Crippen LogP contribution is 2.42. The molecule has 1 aliphatic rings. The molecule has 1 atom stereocenters. The van der Waals surface area contributed by atoms with Crippen molar-refractivity contribution < 1.29 is 5.11 Å². The maximum Gasteiger partial charge on any atom is 0.0812 e. The van der Waals surface area contributed by atoms with Crippen molar-refractivity contribution in [2.45, 2.75) is 32.8 Å². The van der Waals surface area contributed by atoms with Crippen LogP contribution >= 0.6 is 27.5 Å². The summed E-state index contributed by atoms with van der Waals surface area (Å²) in [5.41, 5.74) is 3.34. The molecule has 1 unspecified atom stereocenters. The number of hydrogen-bond acceptors (Lipinski definition) is 1. The van der Waals surface area contributed by atoms with Crippen LogP contribution in [0.4, 0.5) is 0 Å². The quantitative estimate of drug-likeness (QED) is 0.774. The first kappa shape index (κ1) is 14.2. The second-order valence-electron chi connectivity index (χ2n) is 6.24. The lowest BCUT2D eigenvalue weighted by atomic mass is 9.75. The Morgan fingerprint density at radius 3 is 2.85 bits per heavy atom. The zero-order valence-corrected chi connectivity index (χ0v) is 13.9. The van der Waals surface area contributed by atoms with Crippen LogP contribution in [-0.4, -0.2) is 9.67 Å².